The Bertz CT molecular complexity index is 940. The van der Waals surface area contributed by atoms with Gasteiger partial charge < -0.3 is 9.64 Å². The summed E-state index contributed by atoms with van der Waals surface area (Å²) in [5, 5.41) is 4.19. The second kappa shape index (κ2) is 9.07. The molecule has 1 aromatic carbocycles. The fourth-order valence-corrected chi connectivity index (χ4v) is 5.35. The number of carbonyl (C=O) groups is 1. The molecule has 3 heterocycles. The lowest BCUT2D eigenvalue weighted by Crippen LogP contribution is -2.45. The van der Waals surface area contributed by atoms with Gasteiger partial charge in [0.1, 0.15) is 18.2 Å². The van der Waals surface area contributed by atoms with Gasteiger partial charge in [-0.15, -0.1) is 22.7 Å². The average molecular weight is 431 g/mol. The fraction of sp³-hybridized carbons (Fsp3) is 0.318. The predicted octanol–water partition coefficient (Wildman–Crippen LogP) is 4.43. The number of benzene rings is 1. The summed E-state index contributed by atoms with van der Waals surface area (Å²) < 4.78 is 18.6. The monoisotopic (exact) mass is 430 g/mol. The molecular formula is C22H23FN2O2S2. The van der Waals surface area contributed by atoms with Gasteiger partial charge in [0.25, 0.3) is 0 Å². The van der Waals surface area contributed by atoms with Crippen molar-refractivity contribution in [3.05, 3.63) is 74.4 Å². The summed E-state index contributed by atoms with van der Waals surface area (Å²) in [6.45, 7) is 2.14. The van der Waals surface area contributed by atoms with E-state index in [1.807, 2.05) is 22.9 Å². The zero-order chi connectivity index (χ0) is 20.2. The van der Waals surface area contributed by atoms with Gasteiger partial charge >= 0.3 is 0 Å². The molecule has 0 spiro atoms. The number of thiophene rings is 2. The lowest BCUT2D eigenvalue weighted by Gasteiger charge is -2.36. The zero-order valence-electron chi connectivity index (χ0n) is 16.2. The van der Waals surface area contributed by atoms with E-state index >= 15 is 0 Å². The second-order valence-electron chi connectivity index (χ2n) is 7.09. The number of hydrogen-bond donors (Lipinski definition) is 0. The van der Waals surface area contributed by atoms with Gasteiger partial charge in [0.05, 0.1) is 12.6 Å². The van der Waals surface area contributed by atoms with Crippen molar-refractivity contribution >= 4 is 28.6 Å². The number of rotatable bonds is 7. The summed E-state index contributed by atoms with van der Waals surface area (Å²) in [4.78, 5) is 19.7. The first-order valence-electron chi connectivity index (χ1n) is 9.58. The lowest BCUT2D eigenvalue weighted by molar-refractivity contribution is -0.134. The van der Waals surface area contributed by atoms with Gasteiger partial charge in [-0.1, -0.05) is 6.07 Å². The Morgan fingerprint density at radius 1 is 1.21 bits per heavy atom. The van der Waals surface area contributed by atoms with Crippen LogP contribution in [0, 0.1) is 5.82 Å². The van der Waals surface area contributed by atoms with Crippen molar-refractivity contribution in [1.29, 1.82) is 0 Å². The number of ether oxygens (including phenoxy) is 1. The molecule has 1 atom stereocenters. The molecule has 0 saturated carbocycles. The summed E-state index contributed by atoms with van der Waals surface area (Å²) in [6, 6.07) is 12.3. The topological polar surface area (TPSA) is 32.8 Å². The van der Waals surface area contributed by atoms with Gasteiger partial charge in [0.2, 0.25) is 5.91 Å². The fourth-order valence-electron chi connectivity index (χ4n) is 3.59. The molecule has 1 amide bonds. The molecule has 0 saturated heterocycles. The highest BCUT2D eigenvalue weighted by Crippen LogP contribution is 2.39. The van der Waals surface area contributed by atoms with E-state index < -0.39 is 0 Å². The molecule has 3 aromatic rings. The molecule has 1 aliphatic heterocycles. The van der Waals surface area contributed by atoms with E-state index in [1.165, 1.54) is 27.5 Å². The van der Waals surface area contributed by atoms with Crippen LogP contribution in [0.4, 0.5) is 4.39 Å². The number of likely N-dealkylation sites (N-methyl/N-ethyl adjacent to an activating group) is 1. The van der Waals surface area contributed by atoms with Crippen LogP contribution >= 0.6 is 22.7 Å². The summed E-state index contributed by atoms with van der Waals surface area (Å²) in [7, 11) is 1.92. The zero-order valence-corrected chi connectivity index (χ0v) is 17.8. The summed E-state index contributed by atoms with van der Waals surface area (Å²) >= 11 is 3.48. The Hall–Kier alpha value is -2.22. The number of halogens is 1. The third-order valence-corrected chi connectivity index (χ3v) is 6.98. The molecule has 7 heteroatoms. The summed E-state index contributed by atoms with van der Waals surface area (Å²) in [5.41, 5.74) is 1.26. The second-order valence-corrected chi connectivity index (χ2v) is 9.07. The predicted molar refractivity (Wildman–Crippen MR) is 115 cm³/mol. The third kappa shape index (κ3) is 4.69. The minimum atomic E-state index is -0.282. The van der Waals surface area contributed by atoms with Crippen molar-refractivity contribution in [2.24, 2.45) is 0 Å². The van der Waals surface area contributed by atoms with Crippen molar-refractivity contribution in [1.82, 2.24) is 9.80 Å². The maximum Gasteiger partial charge on any atom is 0.237 e. The minimum absolute atomic E-state index is 0.0152. The average Bonchev–Trinajstić information content (AvgIpc) is 3.40. The summed E-state index contributed by atoms with van der Waals surface area (Å²) in [6.07, 6.45) is 0.915. The summed E-state index contributed by atoms with van der Waals surface area (Å²) in [5.74, 6) is 0.477. The smallest absolute Gasteiger partial charge is 0.237 e. The number of hydrogen-bond acceptors (Lipinski definition) is 5. The molecule has 0 aliphatic carbocycles. The first-order chi connectivity index (χ1) is 14.1. The van der Waals surface area contributed by atoms with Gasteiger partial charge in [-0.2, -0.15) is 0 Å². The van der Waals surface area contributed by atoms with Crippen LogP contribution in [0.15, 0.2) is 53.2 Å². The van der Waals surface area contributed by atoms with E-state index in [0.29, 0.717) is 25.4 Å². The van der Waals surface area contributed by atoms with Gasteiger partial charge in [-0.3, -0.25) is 9.69 Å². The first-order valence-corrected chi connectivity index (χ1v) is 11.3. The molecule has 4 rings (SSSR count). The Balaban J connectivity index is 1.36. The minimum Gasteiger partial charge on any atom is -0.492 e. The Morgan fingerprint density at radius 2 is 2.03 bits per heavy atom. The first kappa shape index (κ1) is 20.1. The van der Waals surface area contributed by atoms with Crippen LogP contribution in [0.3, 0.4) is 0 Å². The molecule has 0 bridgehead atoms. The van der Waals surface area contributed by atoms with E-state index in [2.05, 4.69) is 22.9 Å². The molecule has 4 nitrogen and oxygen atoms in total. The number of nitrogens with zero attached hydrogens (tertiary/aromatic N) is 2. The van der Waals surface area contributed by atoms with Crippen molar-refractivity contribution in [3.8, 4) is 5.75 Å². The molecule has 2 aromatic heterocycles. The number of carbonyl (C=O) groups excluding carboxylic acids is 1. The third-order valence-electron chi connectivity index (χ3n) is 5.06. The molecular weight excluding hydrogens is 407 g/mol. The maximum absolute atomic E-state index is 13.1. The molecule has 152 valence electrons. The van der Waals surface area contributed by atoms with Crippen LogP contribution in [0.5, 0.6) is 5.75 Å². The highest BCUT2D eigenvalue weighted by Gasteiger charge is 2.33. The normalized spacial score (nSPS) is 16.1. The lowest BCUT2D eigenvalue weighted by atomic mass is 9.98. The Labute approximate surface area is 178 Å². The van der Waals surface area contributed by atoms with Crippen LogP contribution in [0.2, 0.25) is 0 Å². The van der Waals surface area contributed by atoms with Crippen molar-refractivity contribution in [3.63, 3.8) is 0 Å². The van der Waals surface area contributed by atoms with Gasteiger partial charge in [-0.25, -0.2) is 4.39 Å². The van der Waals surface area contributed by atoms with E-state index in [0.717, 1.165) is 13.0 Å². The van der Waals surface area contributed by atoms with Crippen LogP contribution < -0.4 is 4.74 Å². The van der Waals surface area contributed by atoms with Gasteiger partial charge in [0.15, 0.2) is 0 Å². The van der Waals surface area contributed by atoms with E-state index in [9.17, 15) is 9.18 Å². The van der Waals surface area contributed by atoms with Crippen molar-refractivity contribution < 1.29 is 13.9 Å². The Kier molecular flexibility index (Phi) is 6.28. The highest BCUT2D eigenvalue weighted by atomic mass is 32.1. The van der Waals surface area contributed by atoms with Gasteiger partial charge in [0, 0.05) is 22.8 Å². The van der Waals surface area contributed by atoms with Crippen LogP contribution in [-0.2, 0) is 11.2 Å². The molecule has 0 fully saturated rings. The van der Waals surface area contributed by atoms with E-state index in [-0.39, 0.29) is 17.8 Å². The van der Waals surface area contributed by atoms with Crippen molar-refractivity contribution in [2.75, 3.05) is 33.3 Å². The molecule has 1 aliphatic rings. The molecule has 0 N–H and O–H groups in total. The van der Waals surface area contributed by atoms with Crippen LogP contribution in [0.25, 0.3) is 0 Å². The SMILES string of the molecule is CN(CCOc1ccc(F)cc1)CC(=O)N1CCc2sccc2C1c1cccs1. The standard InChI is InChI=1S/C22H23FN2O2S2/c1-24(11-12-27-17-6-4-16(23)5-7-17)15-21(26)25-10-8-19-18(9-14-29-19)22(25)20-3-2-13-28-20/h2-7,9,13-14,22H,8,10-12,15H2,1H3. The number of amides is 1. The van der Waals surface area contributed by atoms with E-state index in [1.54, 1.807) is 34.8 Å². The maximum atomic E-state index is 13.1. The largest absolute Gasteiger partial charge is 0.492 e. The van der Waals surface area contributed by atoms with Crippen LogP contribution in [0.1, 0.15) is 21.4 Å². The highest BCUT2D eigenvalue weighted by molar-refractivity contribution is 7.10. The number of fused-ring (bicyclic) bond motifs is 1. The van der Waals surface area contributed by atoms with Gasteiger partial charge in [-0.05, 0) is 66.2 Å². The van der Waals surface area contributed by atoms with Crippen molar-refractivity contribution in [2.45, 2.75) is 12.5 Å². The van der Waals surface area contributed by atoms with E-state index in [4.69, 9.17) is 4.74 Å². The molecule has 29 heavy (non-hydrogen) atoms. The molecule has 0 radical (unpaired) electrons. The Morgan fingerprint density at radius 3 is 2.79 bits per heavy atom. The van der Waals surface area contributed by atoms with Crippen LogP contribution in [-0.4, -0.2) is 49.0 Å². The molecule has 1 unspecified atom stereocenters. The quantitative estimate of drug-likeness (QED) is 0.556.